The van der Waals surface area contributed by atoms with Crippen LogP contribution in [-0.4, -0.2) is 25.2 Å². The smallest absolute Gasteiger partial charge is 0.264 e. The van der Waals surface area contributed by atoms with Crippen molar-refractivity contribution >= 4 is 10.1 Å². The highest BCUT2D eigenvalue weighted by molar-refractivity contribution is 7.85. The fraction of sp³-hybridized carbons (Fsp3) is 1.00. The van der Waals surface area contributed by atoms with Crippen LogP contribution >= 0.6 is 0 Å². The molecule has 0 spiro atoms. The first-order chi connectivity index (χ1) is 7.25. The third kappa shape index (κ3) is 5.87. The standard InChI is InChI=1S/C3H9NO3S/c4-2-1-3-8(5,6)7/h1-4H2,(H,5,6,7)/i1D2,2D2,3D2/hD3. The van der Waals surface area contributed by atoms with Crippen LogP contribution in [0.4, 0.5) is 0 Å². The monoisotopic (exact) mass is 148 g/mol. The average Bonchev–Trinajstić information content (AvgIpc) is 2.16. The Bertz CT molecular complexity index is 377. The molecule has 0 saturated carbocycles. The first kappa shape index (κ1) is 1.47. The lowest BCUT2D eigenvalue weighted by Crippen LogP contribution is -2.09. The third-order valence-corrected chi connectivity index (χ3v) is 0.584. The van der Waals surface area contributed by atoms with E-state index < -0.39 is 34.4 Å². The van der Waals surface area contributed by atoms with Gasteiger partial charge in [0.25, 0.3) is 10.1 Å². The maximum absolute atomic E-state index is 11.0. The van der Waals surface area contributed by atoms with Crippen molar-refractivity contribution in [3.8, 4) is 0 Å². The van der Waals surface area contributed by atoms with Gasteiger partial charge < -0.3 is 5.72 Å². The second-order valence-electron chi connectivity index (χ2n) is 0.793. The Balaban J connectivity index is 5.78. The maximum Gasteiger partial charge on any atom is 0.264 e. The van der Waals surface area contributed by atoms with E-state index in [1.807, 2.05) is 0 Å². The Kier molecular flexibility index (Phi) is 0.555. The summed E-state index contributed by atoms with van der Waals surface area (Å²) < 4.78 is 86.7. The highest BCUT2D eigenvalue weighted by atomic mass is 32.2. The van der Waals surface area contributed by atoms with E-state index in [1.165, 1.54) is 0 Å². The molecule has 0 unspecified atom stereocenters. The minimum absolute atomic E-state index is 0.801. The van der Waals surface area contributed by atoms with Crippen LogP contribution in [0.25, 0.3) is 1.43 Å². The number of hydrogen-bond donors (Lipinski definition) is 2. The summed E-state index contributed by atoms with van der Waals surface area (Å²) in [7, 11) is -5.38. The van der Waals surface area contributed by atoms with E-state index in [9.17, 15) is 8.42 Å². The minimum Gasteiger partial charge on any atom is -0.330 e. The predicted octanol–water partition coefficient (Wildman–Crippen LogP) is -0.777. The van der Waals surface area contributed by atoms with Gasteiger partial charge in [0.15, 0.2) is 0 Å². The molecule has 0 aromatic carbocycles. The van der Waals surface area contributed by atoms with E-state index in [4.69, 9.17) is 12.5 Å². The van der Waals surface area contributed by atoms with Gasteiger partial charge >= 0.3 is 0 Å². The van der Waals surface area contributed by atoms with Gasteiger partial charge in [-0.15, -0.1) is 0 Å². The molecule has 0 atom stereocenters. The molecule has 50 valence electrons. The van der Waals surface area contributed by atoms with Crippen molar-refractivity contribution in [1.29, 1.82) is 1.43 Å². The van der Waals surface area contributed by atoms with Crippen molar-refractivity contribution in [3.05, 3.63) is 0 Å². The topological polar surface area (TPSA) is 80.4 Å². The van der Waals surface area contributed by atoms with Crippen molar-refractivity contribution in [2.24, 2.45) is 5.72 Å². The van der Waals surface area contributed by atoms with Gasteiger partial charge in [0.1, 0.15) is 2.82 Å². The molecule has 0 saturated heterocycles. The van der Waals surface area contributed by atoms with Crippen LogP contribution in [0.2, 0.25) is 2.82 Å². The van der Waals surface area contributed by atoms with Crippen molar-refractivity contribution in [2.45, 2.75) is 6.37 Å². The van der Waals surface area contributed by atoms with Crippen LogP contribution in [0, 0.1) is 0 Å². The van der Waals surface area contributed by atoms with Gasteiger partial charge in [-0.2, -0.15) is 8.42 Å². The summed E-state index contributed by atoms with van der Waals surface area (Å²) in [5.41, 5.74) is -4.75. The Labute approximate surface area is 61.3 Å². The van der Waals surface area contributed by atoms with Crippen LogP contribution < -0.4 is 5.72 Å². The molecule has 3 N–H and O–H groups in total. The van der Waals surface area contributed by atoms with Crippen molar-refractivity contribution in [2.75, 3.05) is 12.2 Å². The highest BCUT2D eigenvalue weighted by Gasteiger charge is 2.00. The summed E-state index contributed by atoms with van der Waals surface area (Å²) >= 11 is 0. The molecular weight excluding hydrogens is 130 g/mol. The Hall–Kier alpha value is -0.130. The summed E-state index contributed by atoms with van der Waals surface area (Å²) in [6, 6.07) is 0. The summed E-state index contributed by atoms with van der Waals surface area (Å²) in [4.78, 5) is 0. The Morgan fingerprint density at radius 2 is 2.75 bits per heavy atom. The molecule has 0 aliphatic rings. The second-order valence-corrected chi connectivity index (χ2v) is 1.91. The lowest BCUT2D eigenvalue weighted by Gasteiger charge is -1.90. The summed E-state index contributed by atoms with van der Waals surface area (Å²) in [5.74, 6) is 0. The van der Waals surface area contributed by atoms with Gasteiger partial charge in [-0.3, -0.25) is 4.56 Å². The summed E-state index contributed by atoms with van der Waals surface area (Å²) in [5, 5.41) is 0. The molecule has 0 rings (SSSR count). The van der Waals surface area contributed by atoms with Crippen LogP contribution in [-0.2, 0) is 10.1 Å². The third-order valence-electron chi connectivity index (χ3n) is 0.232. The van der Waals surface area contributed by atoms with Crippen molar-refractivity contribution in [1.82, 2.24) is 0 Å². The van der Waals surface area contributed by atoms with Gasteiger partial charge in [-0.25, -0.2) is 0 Å². The zero-order valence-corrected chi connectivity index (χ0v) is 4.40. The molecule has 0 heterocycles. The van der Waals surface area contributed by atoms with Crippen LogP contribution in [0.3, 0.4) is 0 Å². The molecule has 0 amide bonds. The molecule has 4 nitrogen and oxygen atoms in total. The molecular formula is C3H9NO3S. The van der Waals surface area contributed by atoms with Crippen LogP contribution in [0.15, 0.2) is 0 Å². The fourth-order valence-corrected chi connectivity index (χ4v) is 0.256. The molecule has 0 fully saturated rings. The molecule has 0 radical (unpaired) electrons. The molecule has 0 aliphatic carbocycles. The Morgan fingerprint density at radius 3 is 3.25 bits per heavy atom. The lowest BCUT2D eigenvalue weighted by atomic mass is 10.5. The van der Waals surface area contributed by atoms with Gasteiger partial charge in [-0.05, 0) is 12.9 Å². The van der Waals surface area contributed by atoms with Gasteiger partial charge in [-0.1, -0.05) is 0 Å². The second kappa shape index (κ2) is 3.01. The van der Waals surface area contributed by atoms with E-state index in [1.54, 1.807) is 0 Å². The normalized spacial score (nSPS) is 33.9. The largest absolute Gasteiger partial charge is 0.330 e. The highest BCUT2D eigenvalue weighted by Crippen LogP contribution is 1.83. The van der Waals surface area contributed by atoms with E-state index >= 15 is 0 Å². The molecule has 0 aromatic rings. The number of rotatable bonds is 5. The minimum atomic E-state index is -5.38. The zero-order valence-electron chi connectivity index (χ0n) is 12.6. The van der Waals surface area contributed by atoms with Gasteiger partial charge in [0.05, 0.1) is 5.70 Å². The molecule has 0 bridgehead atoms. The predicted molar refractivity (Wildman–Crippen MR) is 30.1 cm³/mol. The summed E-state index contributed by atoms with van der Waals surface area (Å²) in [6.45, 7) is -3.58. The van der Waals surface area contributed by atoms with Gasteiger partial charge in [0, 0.05) is 8.22 Å². The van der Waals surface area contributed by atoms with E-state index in [2.05, 4.69) is 4.56 Å². The zero-order chi connectivity index (χ0) is 14.3. The van der Waals surface area contributed by atoms with E-state index in [-0.39, 0.29) is 0 Å². The van der Waals surface area contributed by atoms with E-state index in [0.717, 1.165) is 0 Å². The first-order valence-electron chi connectivity index (χ1n) is 5.73. The van der Waals surface area contributed by atoms with Crippen LogP contribution in [0.1, 0.15) is 14.6 Å². The fourth-order valence-electron chi connectivity index (χ4n) is 0.0853. The SMILES string of the molecule is [2H]OS(=O)(=O)C([2H])([2H])C([2H])([2H])C([2H])([2H])N([2H])[2H]. The first-order valence-corrected chi connectivity index (χ1v) is 2.84. The van der Waals surface area contributed by atoms with Crippen molar-refractivity contribution in [3.63, 3.8) is 0 Å². The molecule has 0 aromatic heterocycles. The quantitative estimate of drug-likeness (QED) is 0.501. The number of nitrogens with two attached hydrogens (primary N) is 1. The Morgan fingerprint density at radius 1 is 2.00 bits per heavy atom. The van der Waals surface area contributed by atoms with E-state index in [0.29, 0.717) is 0 Å². The molecule has 8 heavy (non-hydrogen) atoms. The average molecular weight is 148 g/mol. The lowest BCUT2D eigenvalue weighted by molar-refractivity contribution is 0.481. The maximum atomic E-state index is 11.0. The van der Waals surface area contributed by atoms with Gasteiger partial charge in [0.2, 0.25) is 1.43 Å². The van der Waals surface area contributed by atoms with Crippen LogP contribution in [0.5, 0.6) is 0 Å². The number of hydrogen-bond acceptors (Lipinski definition) is 4. The molecule has 5 heteroatoms. The van der Waals surface area contributed by atoms with Crippen molar-refractivity contribution < 1.29 is 24.0 Å². The summed E-state index contributed by atoms with van der Waals surface area (Å²) in [6.07, 6.45) is -3.82. The molecule has 0 aliphatic heterocycles.